The molecule has 2 unspecified atom stereocenters. The molecule has 0 aromatic rings. The maximum absolute atomic E-state index is 3.65. The van der Waals surface area contributed by atoms with Crippen LogP contribution in [0.5, 0.6) is 0 Å². The predicted molar refractivity (Wildman–Crippen MR) is 75.5 cm³/mol. The van der Waals surface area contributed by atoms with Crippen LogP contribution in [0.25, 0.3) is 0 Å². The molecule has 1 saturated heterocycles. The molecule has 0 aromatic carbocycles. The summed E-state index contributed by atoms with van der Waals surface area (Å²) in [6, 6.07) is 1.46. The van der Waals surface area contributed by atoms with Gasteiger partial charge >= 0.3 is 0 Å². The van der Waals surface area contributed by atoms with Crippen molar-refractivity contribution in [3.63, 3.8) is 0 Å². The molecule has 0 radical (unpaired) electrons. The summed E-state index contributed by atoms with van der Waals surface area (Å²) in [4.78, 5) is 4.98. The first-order valence-electron chi connectivity index (χ1n) is 7.25. The molecular formula is C14H31N3. The molecule has 3 nitrogen and oxygen atoms in total. The Balaban J connectivity index is 2.34. The molecule has 2 atom stereocenters. The fraction of sp³-hybridized carbons (Fsp3) is 1.00. The van der Waals surface area contributed by atoms with Crippen LogP contribution in [0, 0.1) is 0 Å². The maximum atomic E-state index is 3.65. The molecule has 1 fully saturated rings. The molecular weight excluding hydrogens is 210 g/mol. The van der Waals surface area contributed by atoms with E-state index in [4.69, 9.17) is 0 Å². The van der Waals surface area contributed by atoms with Crippen LogP contribution in [0.2, 0.25) is 0 Å². The third-order valence-electron chi connectivity index (χ3n) is 3.93. The summed E-state index contributed by atoms with van der Waals surface area (Å²) in [5.74, 6) is 0. The maximum Gasteiger partial charge on any atom is 0.00791 e. The third kappa shape index (κ3) is 5.84. The summed E-state index contributed by atoms with van der Waals surface area (Å²) in [6.45, 7) is 9.60. The van der Waals surface area contributed by atoms with E-state index in [0.29, 0.717) is 0 Å². The molecule has 102 valence electrons. The van der Waals surface area contributed by atoms with Gasteiger partial charge in [-0.05, 0) is 72.9 Å². The Morgan fingerprint density at radius 1 is 1.35 bits per heavy atom. The van der Waals surface area contributed by atoms with Gasteiger partial charge in [-0.25, -0.2) is 0 Å². The molecule has 1 N–H and O–H groups in total. The summed E-state index contributed by atoms with van der Waals surface area (Å²) >= 11 is 0. The second-order valence-corrected chi connectivity index (χ2v) is 5.68. The van der Waals surface area contributed by atoms with E-state index in [1.165, 1.54) is 51.9 Å². The van der Waals surface area contributed by atoms with Gasteiger partial charge in [-0.1, -0.05) is 6.92 Å². The van der Waals surface area contributed by atoms with E-state index in [2.05, 4.69) is 43.1 Å². The SMILES string of the molecule is CCC1CCN(C(C)CCN(C)C)CCCN1. The summed E-state index contributed by atoms with van der Waals surface area (Å²) < 4.78 is 0. The van der Waals surface area contributed by atoms with Crippen molar-refractivity contribution in [2.24, 2.45) is 0 Å². The zero-order valence-corrected chi connectivity index (χ0v) is 12.2. The molecule has 17 heavy (non-hydrogen) atoms. The minimum Gasteiger partial charge on any atom is -0.314 e. The lowest BCUT2D eigenvalue weighted by molar-refractivity contribution is 0.164. The zero-order valence-electron chi connectivity index (χ0n) is 12.2. The van der Waals surface area contributed by atoms with Crippen LogP contribution in [0.3, 0.4) is 0 Å². The van der Waals surface area contributed by atoms with Crippen molar-refractivity contribution in [1.82, 2.24) is 15.1 Å². The monoisotopic (exact) mass is 241 g/mol. The largest absolute Gasteiger partial charge is 0.314 e. The minimum atomic E-state index is 0.730. The third-order valence-corrected chi connectivity index (χ3v) is 3.93. The van der Waals surface area contributed by atoms with E-state index in [1.54, 1.807) is 0 Å². The molecule has 0 aliphatic carbocycles. The van der Waals surface area contributed by atoms with E-state index in [0.717, 1.165) is 12.1 Å². The quantitative estimate of drug-likeness (QED) is 0.792. The second-order valence-electron chi connectivity index (χ2n) is 5.68. The number of hydrogen-bond acceptors (Lipinski definition) is 3. The van der Waals surface area contributed by atoms with Gasteiger partial charge < -0.3 is 15.1 Å². The Kier molecular flexibility index (Phi) is 7.09. The fourth-order valence-corrected chi connectivity index (χ4v) is 2.54. The van der Waals surface area contributed by atoms with E-state index in [-0.39, 0.29) is 0 Å². The minimum absolute atomic E-state index is 0.730. The topological polar surface area (TPSA) is 18.5 Å². The van der Waals surface area contributed by atoms with Gasteiger partial charge in [0.2, 0.25) is 0 Å². The van der Waals surface area contributed by atoms with Crippen LogP contribution in [-0.2, 0) is 0 Å². The Labute approximate surface area is 108 Å². The zero-order chi connectivity index (χ0) is 12.7. The Hall–Kier alpha value is -0.120. The normalized spacial score (nSPS) is 25.6. The molecule has 0 bridgehead atoms. The van der Waals surface area contributed by atoms with Gasteiger partial charge in [-0.3, -0.25) is 0 Å². The lowest BCUT2D eigenvalue weighted by Crippen LogP contribution is -2.43. The van der Waals surface area contributed by atoms with Crippen molar-refractivity contribution < 1.29 is 0 Å². The first kappa shape index (κ1) is 14.9. The molecule has 1 heterocycles. The average molecular weight is 241 g/mol. The Bertz CT molecular complexity index is 194. The van der Waals surface area contributed by atoms with E-state index < -0.39 is 0 Å². The molecule has 0 amide bonds. The summed E-state index contributed by atoms with van der Waals surface area (Å²) in [7, 11) is 4.33. The van der Waals surface area contributed by atoms with E-state index in [1.807, 2.05) is 0 Å². The van der Waals surface area contributed by atoms with Crippen molar-refractivity contribution in [1.29, 1.82) is 0 Å². The van der Waals surface area contributed by atoms with Crippen molar-refractivity contribution in [2.75, 3.05) is 40.3 Å². The first-order valence-corrected chi connectivity index (χ1v) is 7.25. The lowest BCUT2D eigenvalue weighted by Gasteiger charge is -2.33. The van der Waals surface area contributed by atoms with Crippen LogP contribution in [0.1, 0.15) is 39.5 Å². The van der Waals surface area contributed by atoms with Crippen LogP contribution >= 0.6 is 0 Å². The van der Waals surface area contributed by atoms with Crippen LogP contribution in [0.4, 0.5) is 0 Å². The molecule has 1 aliphatic heterocycles. The van der Waals surface area contributed by atoms with E-state index >= 15 is 0 Å². The molecule has 0 spiro atoms. The van der Waals surface area contributed by atoms with Gasteiger partial charge in [0.25, 0.3) is 0 Å². The van der Waals surface area contributed by atoms with Crippen LogP contribution < -0.4 is 5.32 Å². The smallest absolute Gasteiger partial charge is 0.00791 e. The Morgan fingerprint density at radius 2 is 2.12 bits per heavy atom. The van der Waals surface area contributed by atoms with Gasteiger partial charge in [0.1, 0.15) is 0 Å². The predicted octanol–water partition coefficient (Wildman–Crippen LogP) is 1.79. The lowest BCUT2D eigenvalue weighted by atomic mass is 10.1. The number of hydrogen-bond donors (Lipinski definition) is 1. The van der Waals surface area contributed by atoms with Gasteiger partial charge in [0.05, 0.1) is 0 Å². The molecule has 0 saturated carbocycles. The van der Waals surface area contributed by atoms with Gasteiger partial charge in [0.15, 0.2) is 0 Å². The summed E-state index contributed by atoms with van der Waals surface area (Å²) in [5.41, 5.74) is 0. The first-order chi connectivity index (χ1) is 8.13. The Morgan fingerprint density at radius 3 is 2.76 bits per heavy atom. The van der Waals surface area contributed by atoms with Crippen molar-refractivity contribution in [3.05, 3.63) is 0 Å². The molecule has 1 aliphatic rings. The van der Waals surface area contributed by atoms with Crippen molar-refractivity contribution in [3.8, 4) is 0 Å². The molecule has 0 aromatic heterocycles. The summed E-state index contributed by atoms with van der Waals surface area (Å²) in [6.07, 6.45) is 5.16. The second kappa shape index (κ2) is 8.06. The van der Waals surface area contributed by atoms with Gasteiger partial charge in [-0.15, -0.1) is 0 Å². The standard InChI is InChI=1S/C14H31N3/c1-5-14-8-12-17(10-6-9-15-14)13(2)7-11-16(3)4/h13-15H,5-12H2,1-4H3. The highest BCUT2D eigenvalue weighted by atomic mass is 15.2. The van der Waals surface area contributed by atoms with Crippen molar-refractivity contribution in [2.45, 2.75) is 51.6 Å². The number of nitrogens with one attached hydrogen (secondary N) is 1. The van der Waals surface area contributed by atoms with Crippen molar-refractivity contribution >= 4 is 0 Å². The number of rotatable bonds is 5. The van der Waals surface area contributed by atoms with Gasteiger partial charge in [0, 0.05) is 12.1 Å². The molecule has 1 rings (SSSR count). The summed E-state index contributed by atoms with van der Waals surface area (Å²) in [5, 5.41) is 3.65. The fourth-order valence-electron chi connectivity index (χ4n) is 2.54. The number of nitrogens with zero attached hydrogens (tertiary/aromatic N) is 2. The highest BCUT2D eigenvalue weighted by Crippen LogP contribution is 2.11. The van der Waals surface area contributed by atoms with Gasteiger partial charge in [-0.2, -0.15) is 0 Å². The van der Waals surface area contributed by atoms with E-state index in [9.17, 15) is 0 Å². The van der Waals surface area contributed by atoms with Crippen LogP contribution in [-0.4, -0.2) is 62.2 Å². The van der Waals surface area contributed by atoms with Crippen LogP contribution in [0.15, 0.2) is 0 Å². The molecule has 3 heteroatoms. The average Bonchev–Trinajstić information content (AvgIpc) is 2.26. The highest BCUT2D eigenvalue weighted by Gasteiger charge is 2.17. The highest BCUT2D eigenvalue weighted by molar-refractivity contribution is 4.76.